The summed E-state index contributed by atoms with van der Waals surface area (Å²) in [6.07, 6.45) is 13.2. The lowest BCUT2D eigenvalue weighted by Gasteiger charge is -2.53. The van der Waals surface area contributed by atoms with E-state index in [9.17, 15) is 32.7 Å². The summed E-state index contributed by atoms with van der Waals surface area (Å²) in [5, 5.41) is 25.1. The first-order valence-corrected chi connectivity index (χ1v) is 19.7. The van der Waals surface area contributed by atoms with Gasteiger partial charge in [0.05, 0.1) is 34.0 Å². The summed E-state index contributed by atoms with van der Waals surface area (Å²) in [4.78, 5) is 43.1. The highest BCUT2D eigenvalue weighted by atomic mass is 19.2. The molecular weight excluding hydrogens is 740 g/mol. The fraction of sp³-hybridized carbons (Fsp3) is 0.439. The number of nitrogens with one attached hydrogen (secondary N) is 2. The molecule has 5 aliphatic rings. The van der Waals surface area contributed by atoms with E-state index in [1.165, 1.54) is 5.56 Å². The van der Waals surface area contributed by atoms with Crippen LogP contribution in [0.1, 0.15) is 67.3 Å². The third-order valence-electron chi connectivity index (χ3n) is 12.9. The van der Waals surface area contributed by atoms with Gasteiger partial charge in [0, 0.05) is 69.2 Å². The quantitative estimate of drug-likeness (QED) is 0.158. The molecule has 2 aliphatic heterocycles. The lowest BCUT2D eigenvalue weighted by molar-refractivity contribution is -0.120. The molecule has 13 nitrogen and oxygen atoms in total. The van der Waals surface area contributed by atoms with Crippen LogP contribution in [0.4, 0.5) is 29.3 Å². The van der Waals surface area contributed by atoms with Gasteiger partial charge >= 0.3 is 6.03 Å². The van der Waals surface area contributed by atoms with Crippen molar-refractivity contribution in [2.75, 3.05) is 55.6 Å². The maximum Gasteiger partial charge on any atom is 0.328 e. The maximum absolute atomic E-state index is 14.3. The molecule has 3 N–H and O–H groups in total. The first kappa shape index (κ1) is 37.0. The van der Waals surface area contributed by atoms with Crippen LogP contribution in [-0.2, 0) is 16.8 Å². The Bertz CT molecular complexity index is 2380. The second-order valence-electron chi connectivity index (χ2n) is 16.2. The van der Waals surface area contributed by atoms with E-state index in [0.29, 0.717) is 18.3 Å². The van der Waals surface area contributed by atoms with Gasteiger partial charge in [0.2, 0.25) is 11.7 Å². The van der Waals surface area contributed by atoms with Crippen molar-refractivity contribution in [1.82, 2.24) is 34.9 Å². The molecule has 5 aromatic rings. The number of nitrogens with zero attached hydrogens (tertiary/aromatic N) is 7. The Hall–Kier alpha value is -5.64. The van der Waals surface area contributed by atoms with Crippen LogP contribution < -0.4 is 20.4 Å². The van der Waals surface area contributed by atoms with Crippen LogP contribution in [0.2, 0.25) is 0 Å². The largest absolute Gasteiger partial charge is 0.503 e. The van der Waals surface area contributed by atoms with Crippen molar-refractivity contribution < 1.29 is 32.7 Å². The SMILES string of the molecule is O=C1CCN(c2cnn3cc(CCCN4CCN(c5ccc6cn(C78CCC(CNC(=O)c9cc(F)c(O)c(F)c9F)(CC7)CC8)nc6c5)CC4)ccc23)C(=O)N1. The van der Waals surface area contributed by atoms with E-state index in [4.69, 9.17) is 5.10 Å². The number of hydrogen-bond acceptors (Lipinski definition) is 8. The Labute approximate surface area is 326 Å². The van der Waals surface area contributed by atoms with Crippen LogP contribution in [0.3, 0.4) is 0 Å². The topological polar surface area (TPSA) is 140 Å². The molecule has 5 fully saturated rings. The number of halogens is 3. The van der Waals surface area contributed by atoms with Crippen molar-refractivity contribution >= 4 is 45.6 Å². The number of phenols is 1. The highest BCUT2D eigenvalue weighted by Gasteiger charge is 2.50. The van der Waals surface area contributed by atoms with E-state index < -0.39 is 40.7 Å². The molecule has 0 unspecified atom stereocenters. The van der Waals surface area contributed by atoms with E-state index in [-0.39, 0.29) is 29.8 Å². The molecule has 0 spiro atoms. The highest BCUT2D eigenvalue weighted by molar-refractivity contribution is 6.07. The van der Waals surface area contributed by atoms with Gasteiger partial charge in [-0.3, -0.25) is 29.4 Å². The number of urea groups is 1. The number of phenolic OH excluding ortho intramolecular Hbond substituents is 1. The Morgan fingerprint density at radius 3 is 2.44 bits per heavy atom. The Balaban J connectivity index is 0.759. The van der Waals surface area contributed by atoms with Crippen molar-refractivity contribution in [3.8, 4) is 5.75 Å². The third kappa shape index (κ3) is 6.83. The number of amides is 4. The van der Waals surface area contributed by atoms with Crippen molar-refractivity contribution in [1.29, 1.82) is 0 Å². The predicted molar refractivity (Wildman–Crippen MR) is 206 cm³/mol. The first-order valence-electron chi connectivity index (χ1n) is 19.7. The van der Waals surface area contributed by atoms with Crippen LogP contribution in [0, 0.1) is 22.9 Å². The monoisotopic (exact) mass is 783 g/mol. The number of aromatic hydroxyl groups is 1. The number of pyridine rings is 1. The molecule has 2 aromatic carbocycles. The maximum atomic E-state index is 14.3. The molecule has 57 heavy (non-hydrogen) atoms. The number of aryl methyl sites for hydroxylation is 1. The zero-order valence-electron chi connectivity index (χ0n) is 31.4. The van der Waals surface area contributed by atoms with Crippen molar-refractivity contribution in [2.45, 2.75) is 63.3 Å². The minimum absolute atomic E-state index is 0.118. The summed E-state index contributed by atoms with van der Waals surface area (Å²) in [6.45, 7) is 5.40. The lowest BCUT2D eigenvalue weighted by atomic mass is 9.57. The van der Waals surface area contributed by atoms with Crippen LogP contribution in [-0.4, -0.2) is 93.1 Å². The number of imide groups is 1. The standard InChI is InChI=1S/C41H44F3N9O4/c42-30-21-29(35(43)36(44)37(30)55)38(56)45-25-40-8-11-41(12-9-40,13-10-40)53-24-27-4-5-28(20-31(27)48-53)50-18-16-49(17-19-50)14-1-2-26-3-6-32-33(22-46-52(32)23-26)51-15-7-34(54)47-39(51)57/h3-6,20-24,55H,1-2,7-19,25H2,(H,45,56)(H,47,54,57). The Kier molecular flexibility index (Phi) is 9.33. The number of benzene rings is 2. The third-order valence-corrected chi connectivity index (χ3v) is 12.9. The van der Waals surface area contributed by atoms with Crippen LogP contribution in [0.5, 0.6) is 5.75 Å². The summed E-state index contributed by atoms with van der Waals surface area (Å²) >= 11 is 0. The van der Waals surface area contributed by atoms with Crippen molar-refractivity contribution in [2.24, 2.45) is 5.41 Å². The summed E-state index contributed by atoms with van der Waals surface area (Å²) in [5.41, 5.74) is 3.77. The van der Waals surface area contributed by atoms with Gasteiger partial charge in [-0.15, -0.1) is 0 Å². The predicted octanol–water partition coefficient (Wildman–Crippen LogP) is 5.49. The zero-order valence-corrected chi connectivity index (χ0v) is 31.4. The van der Waals surface area contributed by atoms with Gasteiger partial charge in [-0.2, -0.15) is 14.6 Å². The molecule has 3 saturated carbocycles. The smallest absolute Gasteiger partial charge is 0.328 e. The molecular formula is C41H44F3N9O4. The normalized spacial score (nSPS) is 22.8. The number of anilines is 2. The minimum Gasteiger partial charge on any atom is -0.503 e. The van der Waals surface area contributed by atoms with Gasteiger partial charge in [-0.25, -0.2) is 18.1 Å². The summed E-state index contributed by atoms with van der Waals surface area (Å²) in [5.74, 6) is -7.31. The lowest BCUT2D eigenvalue weighted by Crippen LogP contribution is -2.51. The zero-order chi connectivity index (χ0) is 39.5. The highest BCUT2D eigenvalue weighted by Crippen LogP contribution is 2.55. The van der Waals surface area contributed by atoms with E-state index in [2.05, 4.69) is 60.7 Å². The average molecular weight is 784 g/mol. The number of piperazine rings is 1. The number of carbonyl (C=O) groups excluding carboxylic acids is 3. The van der Waals surface area contributed by atoms with Gasteiger partial charge in [-0.1, -0.05) is 6.07 Å². The fourth-order valence-corrected chi connectivity index (χ4v) is 9.31. The number of carbonyl (C=O) groups is 3. The molecule has 298 valence electrons. The number of aromatic nitrogens is 4. The van der Waals surface area contributed by atoms with Crippen molar-refractivity contribution in [3.63, 3.8) is 0 Å². The first-order chi connectivity index (χ1) is 27.5. The van der Waals surface area contributed by atoms with E-state index in [1.54, 1.807) is 15.6 Å². The van der Waals surface area contributed by atoms with Crippen LogP contribution in [0.25, 0.3) is 16.4 Å². The molecule has 2 bridgehead atoms. The summed E-state index contributed by atoms with van der Waals surface area (Å²) in [6, 6.07) is 10.7. The van der Waals surface area contributed by atoms with E-state index >= 15 is 0 Å². The van der Waals surface area contributed by atoms with Crippen LogP contribution >= 0.6 is 0 Å². The summed E-state index contributed by atoms with van der Waals surface area (Å²) in [7, 11) is 0. The van der Waals surface area contributed by atoms with Gasteiger partial charge < -0.3 is 15.3 Å². The molecule has 2 saturated heterocycles. The minimum atomic E-state index is -1.77. The second kappa shape index (κ2) is 14.4. The van der Waals surface area contributed by atoms with E-state index in [1.807, 2.05) is 12.3 Å². The average Bonchev–Trinajstić information content (AvgIpc) is 3.86. The Morgan fingerprint density at radius 2 is 1.68 bits per heavy atom. The molecule has 0 atom stereocenters. The molecule has 10 rings (SSSR count). The Morgan fingerprint density at radius 1 is 0.912 bits per heavy atom. The molecule has 3 aromatic heterocycles. The molecule has 0 radical (unpaired) electrons. The fourth-order valence-electron chi connectivity index (χ4n) is 9.31. The molecule has 3 aliphatic carbocycles. The molecule has 5 heterocycles. The second-order valence-corrected chi connectivity index (χ2v) is 16.2. The molecule has 4 amide bonds. The van der Waals surface area contributed by atoms with Gasteiger partial charge in [-0.05, 0) is 99.2 Å². The van der Waals surface area contributed by atoms with Gasteiger partial charge in [0.25, 0.3) is 5.91 Å². The summed E-state index contributed by atoms with van der Waals surface area (Å²) < 4.78 is 45.9. The van der Waals surface area contributed by atoms with Gasteiger partial charge in [0.1, 0.15) is 0 Å². The van der Waals surface area contributed by atoms with Gasteiger partial charge in [0.15, 0.2) is 17.4 Å². The van der Waals surface area contributed by atoms with E-state index in [0.717, 1.165) is 106 Å². The van der Waals surface area contributed by atoms with Crippen molar-refractivity contribution in [3.05, 3.63) is 83.6 Å². The molecule has 16 heteroatoms. The number of hydrogen-bond donors (Lipinski definition) is 3. The number of rotatable bonds is 10. The van der Waals surface area contributed by atoms with Crippen LogP contribution in [0.15, 0.2) is 55.0 Å². The number of fused-ring (bicyclic) bond motifs is 5.